The first-order chi connectivity index (χ1) is 14.9. The Hall–Kier alpha value is -3.33. The lowest BCUT2D eigenvalue weighted by Crippen LogP contribution is -2.36. The number of aliphatic imine (C=N–C) groups is 1. The Kier molecular flexibility index (Phi) is 7.66. The topological polar surface area (TPSA) is 63.5 Å². The highest BCUT2D eigenvalue weighted by Crippen LogP contribution is 2.16. The van der Waals surface area contributed by atoms with E-state index in [1.807, 2.05) is 53.3 Å². The van der Waals surface area contributed by atoms with E-state index >= 15 is 0 Å². The predicted octanol–water partition coefficient (Wildman–Crippen LogP) is 3.82. The smallest absolute Gasteiger partial charge is 0.367 e. The van der Waals surface area contributed by atoms with Gasteiger partial charge < -0.3 is 15.4 Å². The first-order valence-corrected chi connectivity index (χ1v) is 9.69. The molecule has 6 nitrogen and oxygen atoms in total. The Morgan fingerprint density at radius 3 is 2.26 bits per heavy atom. The van der Waals surface area contributed by atoms with Gasteiger partial charge in [0.15, 0.2) is 5.96 Å². The van der Waals surface area contributed by atoms with E-state index in [0.717, 1.165) is 16.8 Å². The largest absolute Gasteiger partial charge is 0.411 e. The minimum atomic E-state index is -4.31. The van der Waals surface area contributed by atoms with Gasteiger partial charge in [0, 0.05) is 31.9 Å². The summed E-state index contributed by atoms with van der Waals surface area (Å²) in [5, 5.41) is 10.8. The van der Waals surface area contributed by atoms with Crippen molar-refractivity contribution in [3.63, 3.8) is 0 Å². The molecule has 164 valence electrons. The molecule has 0 bridgehead atoms. The summed E-state index contributed by atoms with van der Waals surface area (Å²) < 4.78 is 42.9. The number of halogens is 3. The van der Waals surface area contributed by atoms with E-state index in [1.54, 1.807) is 25.4 Å². The van der Waals surface area contributed by atoms with Crippen LogP contribution in [0.2, 0.25) is 0 Å². The molecule has 2 aromatic carbocycles. The first kappa shape index (κ1) is 22.4. The molecule has 0 atom stereocenters. The molecule has 1 aromatic heterocycles. The predicted molar refractivity (Wildman–Crippen MR) is 113 cm³/mol. The summed E-state index contributed by atoms with van der Waals surface area (Å²) in [6.45, 7) is -0.246. The Morgan fingerprint density at radius 2 is 1.61 bits per heavy atom. The number of ether oxygens (including phenoxy) is 1. The van der Waals surface area contributed by atoms with Gasteiger partial charge in [-0.15, -0.1) is 0 Å². The van der Waals surface area contributed by atoms with Gasteiger partial charge in [-0.2, -0.15) is 18.3 Å². The molecular weight excluding hydrogens is 407 g/mol. The van der Waals surface area contributed by atoms with Gasteiger partial charge in [0.2, 0.25) is 0 Å². The van der Waals surface area contributed by atoms with E-state index in [2.05, 4.69) is 25.5 Å². The molecule has 0 fully saturated rings. The number of para-hydroxylation sites is 1. The fourth-order valence-corrected chi connectivity index (χ4v) is 2.80. The Bertz CT molecular complexity index is 969. The Morgan fingerprint density at radius 1 is 0.968 bits per heavy atom. The lowest BCUT2D eigenvalue weighted by Gasteiger charge is -2.12. The molecule has 1 heterocycles. The third kappa shape index (κ3) is 7.45. The number of nitrogens with one attached hydrogen (secondary N) is 2. The lowest BCUT2D eigenvalue weighted by atomic mass is 10.1. The second kappa shape index (κ2) is 10.6. The summed E-state index contributed by atoms with van der Waals surface area (Å²) in [6, 6.07) is 17.0. The van der Waals surface area contributed by atoms with Crippen LogP contribution in [0.15, 0.2) is 72.0 Å². The summed E-state index contributed by atoms with van der Waals surface area (Å²) >= 11 is 0. The second-order valence-corrected chi connectivity index (χ2v) is 6.83. The molecule has 0 unspecified atom stereocenters. The van der Waals surface area contributed by atoms with Crippen molar-refractivity contribution in [3.8, 4) is 5.69 Å². The third-order valence-corrected chi connectivity index (χ3v) is 4.36. The molecular formula is C22H24F3N5O. The van der Waals surface area contributed by atoms with Crippen LogP contribution in [-0.4, -0.2) is 35.6 Å². The molecule has 0 saturated carbocycles. The Labute approximate surface area is 178 Å². The molecule has 3 rings (SSSR count). The lowest BCUT2D eigenvalue weighted by molar-refractivity contribution is -0.176. The number of hydrogen-bond acceptors (Lipinski definition) is 3. The monoisotopic (exact) mass is 431 g/mol. The van der Waals surface area contributed by atoms with E-state index in [1.165, 1.54) is 0 Å². The van der Waals surface area contributed by atoms with E-state index in [4.69, 9.17) is 0 Å². The summed E-state index contributed by atoms with van der Waals surface area (Å²) in [5.41, 5.74) is 3.66. The standard InChI is InChI=1S/C22H24F3N5O/c1-26-21(28-12-19-13-29-30(14-19)20-5-3-2-4-6-20)27-11-17-7-9-18(10-8-17)15-31-16-22(23,24)25/h2-10,13-14H,11-12,15-16H2,1H3,(H2,26,27,28). The fraction of sp³-hybridized carbons (Fsp3) is 0.273. The van der Waals surface area contributed by atoms with Gasteiger partial charge in [0.25, 0.3) is 0 Å². The van der Waals surface area contributed by atoms with Crippen LogP contribution in [0.5, 0.6) is 0 Å². The van der Waals surface area contributed by atoms with Gasteiger partial charge in [-0.25, -0.2) is 4.68 Å². The quantitative estimate of drug-likeness (QED) is 0.421. The van der Waals surface area contributed by atoms with E-state index in [9.17, 15) is 13.2 Å². The number of benzene rings is 2. The highest BCUT2D eigenvalue weighted by molar-refractivity contribution is 5.79. The van der Waals surface area contributed by atoms with Crippen LogP contribution in [0.4, 0.5) is 13.2 Å². The molecule has 0 spiro atoms. The van der Waals surface area contributed by atoms with Crippen molar-refractivity contribution in [2.75, 3.05) is 13.7 Å². The number of aromatic nitrogens is 2. The average Bonchev–Trinajstić information content (AvgIpc) is 3.24. The SMILES string of the molecule is CN=C(NCc1ccc(COCC(F)(F)F)cc1)NCc1cnn(-c2ccccc2)c1. The maximum absolute atomic E-state index is 12.1. The van der Waals surface area contributed by atoms with Crippen molar-refractivity contribution in [3.05, 3.63) is 83.7 Å². The van der Waals surface area contributed by atoms with Gasteiger partial charge in [-0.3, -0.25) is 4.99 Å². The maximum Gasteiger partial charge on any atom is 0.411 e. The summed E-state index contributed by atoms with van der Waals surface area (Å²) in [5.74, 6) is 0.630. The number of nitrogens with zero attached hydrogens (tertiary/aromatic N) is 3. The van der Waals surface area contributed by atoms with Crippen molar-refractivity contribution in [1.82, 2.24) is 20.4 Å². The maximum atomic E-state index is 12.1. The van der Waals surface area contributed by atoms with Gasteiger partial charge in [0.05, 0.1) is 18.5 Å². The van der Waals surface area contributed by atoms with Crippen LogP contribution in [0.25, 0.3) is 5.69 Å². The third-order valence-electron chi connectivity index (χ3n) is 4.36. The Balaban J connectivity index is 1.44. The first-order valence-electron chi connectivity index (χ1n) is 9.69. The number of alkyl halides is 3. The van der Waals surface area contributed by atoms with Crippen molar-refractivity contribution in [1.29, 1.82) is 0 Å². The molecule has 0 aliphatic heterocycles. The summed E-state index contributed by atoms with van der Waals surface area (Å²) in [6.07, 6.45) is -0.560. The number of rotatable bonds is 8. The van der Waals surface area contributed by atoms with Gasteiger partial charge in [0.1, 0.15) is 6.61 Å². The molecule has 0 amide bonds. The van der Waals surface area contributed by atoms with Gasteiger partial charge >= 0.3 is 6.18 Å². The number of guanidine groups is 1. The zero-order chi connectivity index (χ0) is 22.1. The van der Waals surface area contributed by atoms with Crippen LogP contribution < -0.4 is 10.6 Å². The van der Waals surface area contributed by atoms with Crippen molar-refractivity contribution < 1.29 is 17.9 Å². The number of hydrogen-bond donors (Lipinski definition) is 2. The van der Waals surface area contributed by atoms with Crippen LogP contribution >= 0.6 is 0 Å². The summed E-state index contributed by atoms with van der Waals surface area (Å²) in [7, 11) is 1.68. The second-order valence-electron chi connectivity index (χ2n) is 6.83. The average molecular weight is 431 g/mol. The van der Waals surface area contributed by atoms with E-state index in [-0.39, 0.29) is 6.61 Å². The molecule has 0 radical (unpaired) electrons. The zero-order valence-electron chi connectivity index (χ0n) is 17.1. The van der Waals surface area contributed by atoms with Crippen molar-refractivity contribution >= 4 is 5.96 Å². The van der Waals surface area contributed by atoms with Crippen LogP contribution in [0, 0.1) is 0 Å². The molecule has 0 aliphatic rings. The van der Waals surface area contributed by atoms with Crippen LogP contribution in [-0.2, 0) is 24.4 Å². The van der Waals surface area contributed by atoms with E-state index < -0.39 is 12.8 Å². The normalized spacial score (nSPS) is 12.1. The highest BCUT2D eigenvalue weighted by atomic mass is 19.4. The fourth-order valence-electron chi connectivity index (χ4n) is 2.80. The molecule has 31 heavy (non-hydrogen) atoms. The molecule has 2 N–H and O–H groups in total. The van der Waals surface area contributed by atoms with Crippen LogP contribution in [0.1, 0.15) is 16.7 Å². The van der Waals surface area contributed by atoms with Crippen molar-refractivity contribution in [2.45, 2.75) is 25.9 Å². The zero-order valence-corrected chi connectivity index (χ0v) is 17.1. The highest BCUT2D eigenvalue weighted by Gasteiger charge is 2.27. The minimum Gasteiger partial charge on any atom is -0.367 e. The molecule has 0 aliphatic carbocycles. The molecule has 0 saturated heterocycles. The summed E-state index contributed by atoms with van der Waals surface area (Å²) in [4.78, 5) is 4.20. The van der Waals surface area contributed by atoms with E-state index in [0.29, 0.717) is 24.6 Å². The van der Waals surface area contributed by atoms with Crippen molar-refractivity contribution in [2.24, 2.45) is 4.99 Å². The van der Waals surface area contributed by atoms with Gasteiger partial charge in [-0.1, -0.05) is 42.5 Å². The molecule has 3 aromatic rings. The minimum absolute atomic E-state index is 0.0763. The van der Waals surface area contributed by atoms with Gasteiger partial charge in [-0.05, 0) is 23.3 Å². The molecule has 9 heteroatoms. The van der Waals surface area contributed by atoms with Crippen LogP contribution in [0.3, 0.4) is 0 Å².